The summed E-state index contributed by atoms with van der Waals surface area (Å²) in [7, 11) is 0. The number of hydrogen-bond acceptors (Lipinski definition) is 3. The molecular formula is C11H11NO3. The first kappa shape index (κ1) is 9.71. The van der Waals surface area contributed by atoms with E-state index in [1.165, 1.54) is 6.07 Å². The lowest BCUT2D eigenvalue weighted by molar-refractivity contribution is -0.121. The van der Waals surface area contributed by atoms with E-state index in [9.17, 15) is 14.7 Å². The van der Waals surface area contributed by atoms with Gasteiger partial charge in [-0.25, -0.2) is 4.90 Å². The highest BCUT2D eigenvalue weighted by molar-refractivity contribution is 6.20. The van der Waals surface area contributed by atoms with E-state index in [0.29, 0.717) is 0 Å². The van der Waals surface area contributed by atoms with Crippen LogP contribution in [0, 0.1) is 6.92 Å². The number of nitrogens with zero attached hydrogens (tertiary/aromatic N) is 1. The van der Waals surface area contributed by atoms with Crippen molar-refractivity contribution in [2.24, 2.45) is 0 Å². The molecule has 1 heterocycles. The molecule has 2 amide bonds. The summed E-state index contributed by atoms with van der Waals surface area (Å²) in [6.07, 6.45) is 0.457. The molecule has 4 heteroatoms. The van der Waals surface area contributed by atoms with Crippen molar-refractivity contribution in [1.82, 2.24) is 0 Å². The SMILES string of the molecule is Cc1ccc(N2C(=O)CCC2=O)c(O)c1. The van der Waals surface area contributed by atoms with Crippen LogP contribution in [0.15, 0.2) is 18.2 Å². The van der Waals surface area contributed by atoms with Crippen LogP contribution in [0.1, 0.15) is 18.4 Å². The van der Waals surface area contributed by atoms with Gasteiger partial charge in [-0.1, -0.05) is 6.07 Å². The van der Waals surface area contributed by atoms with E-state index in [2.05, 4.69) is 0 Å². The van der Waals surface area contributed by atoms with E-state index in [1.54, 1.807) is 12.1 Å². The number of carbonyl (C=O) groups is 2. The molecule has 78 valence electrons. The van der Waals surface area contributed by atoms with Crippen LogP contribution in [0.5, 0.6) is 5.75 Å². The largest absolute Gasteiger partial charge is 0.506 e. The Morgan fingerprint density at radius 3 is 2.33 bits per heavy atom. The third-order valence-corrected chi connectivity index (χ3v) is 2.42. The average Bonchev–Trinajstić information content (AvgIpc) is 2.48. The third-order valence-electron chi connectivity index (χ3n) is 2.42. The molecule has 0 unspecified atom stereocenters. The van der Waals surface area contributed by atoms with Crippen molar-refractivity contribution in [2.45, 2.75) is 19.8 Å². The number of phenolic OH excluding ortho intramolecular Hbond substituents is 1. The van der Waals surface area contributed by atoms with Gasteiger partial charge in [0.1, 0.15) is 5.75 Å². The number of aryl methyl sites for hydroxylation is 1. The smallest absolute Gasteiger partial charge is 0.234 e. The van der Waals surface area contributed by atoms with Gasteiger partial charge in [0.05, 0.1) is 5.69 Å². The number of benzene rings is 1. The van der Waals surface area contributed by atoms with Crippen LogP contribution in [0.4, 0.5) is 5.69 Å². The molecule has 1 saturated heterocycles. The molecule has 0 aromatic heterocycles. The van der Waals surface area contributed by atoms with Gasteiger partial charge in [-0.2, -0.15) is 0 Å². The fraction of sp³-hybridized carbons (Fsp3) is 0.273. The summed E-state index contributed by atoms with van der Waals surface area (Å²) in [4.78, 5) is 23.9. The molecule has 1 aromatic carbocycles. The number of hydrogen-bond donors (Lipinski definition) is 1. The molecule has 1 aliphatic heterocycles. The number of amides is 2. The first-order chi connectivity index (χ1) is 7.09. The molecule has 0 spiro atoms. The van der Waals surface area contributed by atoms with Gasteiger partial charge < -0.3 is 5.11 Å². The van der Waals surface area contributed by atoms with E-state index in [-0.39, 0.29) is 36.1 Å². The van der Waals surface area contributed by atoms with Crippen molar-refractivity contribution in [3.63, 3.8) is 0 Å². The van der Waals surface area contributed by atoms with Crippen LogP contribution < -0.4 is 4.90 Å². The van der Waals surface area contributed by atoms with Crippen LogP contribution in [0.3, 0.4) is 0 Å². The number of aromatic hydroxyl groups is 1. The standard InChI is InChI=1S/C11H11NO3/c1-7-2-3-8(9(13)6-7)12-10(14)4-5-11(12)15/h2-3,6,13H,4-5H2,1H3. The minimum Gasteiger partial charge on any atom is -0.506 e. The number of rotatable bonds is 1. The fourth-order valence-corrected chi connectivity index (χ4v) is 1.67. The Hall–Kier alpha value is -1.84. The van der Waals surface area contributed by atoms with Crippen LogP contribution in [0.2, 0.25) is 0 Å². The Bertz CT molecular complexity index is 423. The fourth-order valence-electron chi connectivity index (χ4n) is 1.67. The molecule has 4 nitrogen and oxygen atoms in total. The highest BCUT2D eigenvalue weighted by atomic mass is 16.3. The van der Waals surface area contributed by atoms with Crippen molar-refractivity contribution >= 4 is 17.5 Å². The van der Waals surface area contributed by atoms with Gasteiger partial charge in [-0.3, -0.25) is 9.59 Å². The van der Waals surface area contributed by atoms with Crippen molar-refractivity contribution in [3.8, 4) is 5.75 Å². The molecule has 1 aromatic rings. The number of anilines is 1. The molecule has 1 aliphatic rings. The lowest BCUT2D eigenvalue weighted by Crippen LogP contribution is -2.28. The first-order valence-corrected chi connectivity index (χ1v) is 4.75. The normalized spacial score (nSPS) is 16.2. The Kier molecular flexibility index (Phi) is 2.19. The maximum absolute atomic E-state index is 11.4. The van der Waals surface area contributed by atoms with E-state index in [4.69, 9.17) is 0 Å². The van der Waals surface area contributed by atoms with Crippen LogP contribution in [-0.2, 0) is 9.59 Å². The second kappa shape index (κ2) is 3.38. The van der Waals surface area contributed by atoms with Gasteiger partial charge >= 0.3 is 0 Å². The maximum atomic E-state index is 11.4. The van der Waals surface area contributed by atoms with Gasteiger partial charge in [0, 0.05) is 12.8 Å². The third kappa shape index (κ3) is 1.58. The minimum absolute atomic E-state index is 0.0291. The molecule has 0 atom stereocenters. The molecular weight excluding hydrogens is 194 g/mol. The van der Waals surface area contributed by atoms with Crippen LogP contribution >= 0.6 is 0 Å². The number of imide groups is 1. The highest BCUT2D eigenvalue weighted by Gasteiger charge is 2.31. The van der Waals surface area contributed by atoms with Gasteiger partial charge in [0.2, 0.25) is 11.8 Å². The molecule has 0 radical (unpaired) electrons. The summed E-state index contributed by atoms with van der Waals surface area (Å²) in [5.74, 6) is -0.531. The molecule has 1 N–H and O–H groups in total. The van der Waals surface area contributed by atoms with Gasteiger partial charge in [-0.15, -0.1) is 0 Å². The molecule has 0 bridgehead atoms. The Morgan fingerprint density at radius 2 is 1.80 bits per heavy atom. The molecule has 0 saturated carbocycles. The minimum atomic E-state index is -0.251. The molecule has 1 fully saturated rings. The van der Waals surface area contributed by atoms with Crippen LogP contribution in [-0.4, -0.2) is 16.9 Å². The summed E-state index contributed by atoms with van der Waals surface area (Å²) >= 11 is 0. The summed E-state index contributed by atoms with van der Waals surface area (Å²) in [5.41, 5.74) is 1.17. The summed E-state index contributed by atoms with van der Waals surface area (Å²) in [6, 6.07) is 4.88. The zero-order valence-electron chi connectivity index (χ0n) is 8.36. The predicted octanol–water partition coefficient (Wildman–Crippen LogP) is 1.35. The van der Waals surface area contributed by atoms with Crippen molar-refractivity contribution in [2.75, 3.05) is 4.90 Å². The van der Waals surface area contributed by atoms with E-state index >= 15 is 0 Å². The van der Waals surface area contributed by atoms with Gasteiger partial charge in [0.15, 0.2) is 0 Å². The predicted molar refractivity (Wildman–Crippen MR) is 54.6 cm³/mol. The Balaban J connectivity index is 2.45. The maximum Gasteiger partial charge on any atom is 0.234 e. The zero-order valence-corrected chi connectivity index (χ0v) is 8.36. The lowest BCUT2D eigenvalue weighted by atomic mass is 10.2. The average molecular weight is 205 g/mol. The van der Waals surface area contributed by atoms with E-state index in [1.807, 2.05) is 6.92 Å². The molecule has 0 aliphatic carbocycles. The Morgan fingerprint density at radius 1 is 1.20 bits per heavy atom. The van der Waals surface area contributed by atoms with Gasteiger partial charge in [-0.05, 0) is 24.6 Å². The van der Waals surface area contributed by atoms with E-state index < -0.39 is 0 Å². The number of carbonyl (C=O) groups excluding carboxylic acids is 2. The second-order valence-corrected chi connectivity index (χ2v) is 3.62. The first-order valence-electron chi connectivity index (χ1n) is 4.75. The van der Waals surface area contributed by atoms with Crippen molar-refractivity contribution in [1.29, 1.82) is 0 Å². The summed E-state index contributed by atoms with van der Waals surface area (Å²) in [5, 5.41) is 9.64. The summed E-state index contributed by atoms with van der Waals surface area (Å²) in [6.45, 7) is 1.83. The summed E-state index contributed by atoms with van der Waals surface area (Å²) < 4.78 is 0. The monoisotopic (exact) mass is 205 g/mol. The topological polar surface area (TPSA) is 57.6 Å². The second-order valence-electron chi connectivity index (χ2n) is 3.62. The highest BCUT2D eigenvalue weighted by Crippen LogP contribution is 2.31. The lowest BCUT2D eigenvalue weighted by Gasteiger charge is -2.15. The molecule has 15 heavy (non-hydrogen) atoms. The van der Waals surface area contributed by atoms with Crippen LogP contribution in [0.25, 0.3) is 0 Å². The quantitative estimate of drug-likeness (QED) is 0.704. The Labute approximate surface area is 87.1 Å². The zero-order chi connectivity index (χ0) is 11.0. The van der Waals surface area contributed by atoms with Crippen molar-refractivity contribution < 1.29 is 14.7 Å². The number of phenols is 1. The molecule has 2 rings (SSSR count). The van der Waals surface area contributed by atoms with Crippen molar-refractivity contribution in [3.05, 3.63) is 23.8 Å². The van der Waals surface area contributed by atoms with Gasteiger partial charge in [0.25, 0.3) is 0 Å². The van der Waals surface area contributed by atoms with E-state index in [0.717, 1.165) is 10.5 Å².